The Morgan fingerprint density at radius 2 is 1.86 bits per heavy atom. The molecule has 0 N–H and O–H groups in total. The molecule has 1 aliphatic rings. The van der Waals surface area contributed by atoms with Crippen LogP contribution in [0.25, 0.3) is 0 Å². The van der Waals surface area contributed by atoms with Gasteiger partial charge in [-0.25, -0.2) is 0 Å². The molecule has 0 aliphatic carbocycles. The van der Waals surface area contributed by atoms with Crippen LogP contribution < -0.4 is 0 Å². The van der Waals surface area contributed by atoms with Crippen LogP contribution in [0.2, 0.25) is 0 Å². The molecule has 1 saturated heterocycles. The highest BCUT2D eigenvalue weighted by molar-refractivity contribution is 5.82. The topological polar surface area (TPSA) is 32.8 Å². The van der Waals surface area contributed by atoms with E-state index in [1.807, 2.05) is 13.8 Å². The van der Waals surface area contributed by atoms with E-state index >= 15 is 0 Å². The van der Waals surface area contributed by atoms with Crippen LogP contribution in [-0.2, 0) is 9.53 Å². The molecule has 0 aromatic heterocycles. The van der Waals surface area contributed by atoms with Crippen LogP contribution in [0.1, 0.15) is 40.0 Å². The van der Waals surface area contributed by atoms with Crippen molar-refractivity contribution in [3.05, 3.63) is 0 Å². The first-order valence-corrected chi connectivity index (χ1v) is 8.40. The minimum Gasteiger partial charge on any atom is -0.378 e. The van der Waals surface area contributed by atoms with Crippen molar-refractivity contribution in [3.8, 4) is 0 Å². The Kier molecular flexibility index (Phi) is 8.45. The van der Waals surface area contributed by atoms with E-state index < -0.39 is 0 Å². The third-order valence-electron chi connectivity index (χ3n) is 4.33. The van der Waals surface area contributed by atoms with Crippen LogP contribution in [0.5, 0.6) is 0 Å². The Morgan fingerprint density at radius 3 is 2.38 bits per heavy atom. The summed E-state index contributed by atoms with van der Waals surface area (Å²) in [6.07, 6.45) is 3.75. The van der Waals surface area contributed by atoms with Crippen molar-refractivity contribution in [2.75, 3.05) is 46.9 Å². The summed E-state index contributed by atoms with van der Waals surface area (Å²) in [5.41, 5.74) is 0. The monoisotopic (exact) mass is 298 g/mol. The first-order valence-electron chi connectivity index (χ1n) is 8.40. The Hall–Kier alpha value is -0.450. The predicted molar refractivity (Wildman–Crippen MR) is 87.6 cm³/mol. The van der Waals surface area contributed by atoms with Gasteiger partial charge in [-0.15, -0.1) is 0 Å². The maximum atomic E-state index is 11.8. The summed E-state index contributed by atoms with van der Waals surface area (Å²) < 4.78 is 5.97. The highest BCUT2D eigenvalue weighted by Gasteiger charge is 2.22. The van der Waals surface area contributed by atoms with Crippen molar-refractivity contribution in [2.45, 2.75) is 46.1 Å². The Bertz CT molecular complexity index is 297. The molecule has 1 rings (SSSR count). The van der Waals surface area contributed by atoms with Crippen LogP contribution >= 0.6 is 0 Å². The first-order chi connectivity index (χ1) is 9.88. The molecule has 1 heterocycles. The largest absolute Gasteiger partial charge is 0.378 e. The number of nitrogens with zero attached hydrogens (tertiary/aromatic N) is 2. The molecule has 1 atom stereocenters. The van der Waals surface area contributed by atoms with E-state index in [4.69, 9.17) is 4.74 Å². The van der Waals surface area contributed by atoms with Gasteiger partial charge in [-0.3, -0.25) is 9.69 Å². The van der Waals surface area contributed by atoms with E-state index in [9.17, 15) is 4.79 Å². The fourth-order valence-corrected chi connectivity index (χ4v) is 2.54. The average Bonchev–Trinajstić information content (AvgIpc) is 2.44. The number of ether oxygens (including phenoxy) is 1. The molecular weight excluding hydrogens is 264 g/mol. The normalized spacial score (nSPS) is 19.4. The molecule has 4 heteroatoms. The fraction of sp³-hybridized carbons (Fsp3) is 0.941. The number of hydrogen-bond donors (Lipinski definition) is 0. The molecule has 0 saturated carbocycles. The van der Waals surface area contributed by atoms with Crippen molar-refractivity contribution >= 4 is 5.78 Å². The molecule has 1 unspecified atom stereocenters. The molecule has 124 valence electrons. The summed E-state index contributed by atoms with van der Waals surface area (Å²) in [5.74, 6) is 1.18. The van der Waals surface area contributed by atoms with Gasteiger partial charge in [-0.2, -0.15) is 0 Å². The number of ketones is 1. The second kappa shape index (κ2) is 9.54. The van der Waals surface area contributed by atoms with Gasteiger partial charge in [0.1, 0.15) is 5.78 Å². The average molecular weight is 298 g/mol. The number of carbonyl (C=O) groups is 1. The van der Waals surface area contributed by atoms with Gasteiger partial charge in [-0.05, 0) is 65.8 Å². The Morgan fingerprint density at radius 1 is 1.24 bits per heavy atom. The molecule has 4 nitrogen and oxygen atoms in total. The number of Topliss-reactive ketones (excluding diaryl/α,β-unsaturated/α-hetero) is 1. The van der Waals surface area contributed by atoms with Crippen molar-refractivity contribution in [1.82, 2.24) is 9.80 Å². The summed E-state index contributed by atoms with van der Waals surface area (Å²) in [4.78, 5) is 16.3. The smallest absolute Gasteiger partial charge is 0.149 e. The first kappa shape index (κ1) is 18.6. The van der Waals surface area contributed by atoms with Gasteiger partial charge in [0.15, 0.2) is 0 Å². The molecule has 0 spiro atoms. The number of likely N-dealkylation sites (tertiary alicyclic amines) is 1. The van der Waals surface area contributed by atoms with Crippen LogP contribution in [0.4, 0.5) is 0 Å². The number of rotatable bonds is 9. The molecule has 0 aromatic rings. The van der Waals surface area contributed by atoms with Crippen molar-refractivity contribution in [2.24, 2.45) is 11.8 Å². The molecule has 0 amide bonds. The third-order valence-corrected chi connectivity index (χ3v) is 4.33. The fourth-order valence-electron chi connectivity index (χ4n) is 2.54. The zero-order valence-corrected chi connectivity index (χ0v) is 14.6. The van der Waals surface area contributed by atoms with E-state index in [1.54, 1.807) is 0 Å². The summed E-state index contributed by atoms with van der Waals surface area (Å²) in [7, 11) is 4.20. The third kappa shape index (κ3) is 7.93. The summed E-state index contributed by atoms with van der Waals surface area (Å²) in [6, 6.07) is 0. The molecule has 21 heavy (non-hydrogen) atoms. The zero-order chi connectivity index (χ0) is 15.8. The SMILES string of the molecule is CC(CCN(C)C)OCC1CCN(CC(=O)C(C)C)CC1. The van der Waals surface area contributed by atoms with Gasteiger partial charge in [0.25, 0.3) is 0 Å². The maximum absolute atomic E-state index is 11.8. The van der Waals surface area contributed by atoms with Gasteiger partial charge < -0.3 is 9.64 Å². The van der Waals surface area contributed by atoms with Crippen LogP contribution in [0, 0.1) is 11.8 Å². The number of hydrogen-bond acceptors (Lipinski definition) is 4. The van der Waals surface area contributed by atoms with Gasteiger partial charge in [0, 0.05) is 12.5 Å². The number of carbonyl (C=O) groups excluding carboxylic acids is 1. The van der Waals surface area contributed by atoms with E-state index in [0.717, 1.165) is 45.5 Å². The van der Waals surface area contributed by atoms with Crippen LogP contribution in [0.15, 0.2) is 0 Å². The predicted octanol–water partition coefficient (Wildman–Crippen LogP) is 2.28. The summed E-state index contributed by atoms with van der Waals surface area (Å²) in [5, 5.41) is 0. The highest BCUT2D eigenvalue weighted by atomic mass is 16.5. The molecular formula is C17H34N2O2. The maximum Gasteiger partial charge on any atom is 0.149 e. The van der Waals surface area contributed by atoms with E-state index in [-0.39, 0.29) is 5.92 Å². The van der Waals surface area contributed by atoms with Crippen molar-refractivity contribution < 1.29 is 9.53 Å². The van der Waals surface area contributed by atoms with E-state index in [0.29, 0.717) is 24.3 Å². The van der Waals surface area contributed by atoms with Gasteiger partial charge in [0.2, 0.25) is 0 Å². The van der Waals surface area contributed by atoms with Crippen LogP contribution in [0.3, 0.4) is 0 Å². The second-order valence-electron chi connectivity index (χ2n) is 7.08. The quantitative estimate of drug-likeness (QED) is 0.654. The van der Waals surface area contributed by atoms with E-state index in [2.05, 4.69) is 30.8 Å². The minimum absolute atomic E-state index is 0.156. The molecule has 1 fully saturated rings. The van der Waals surface area contributed by atoms with Crippen LogP contribution in [-0.4, -0.2) is 68.6 Å². The summed E-state index contributed by atoms with van der Waals surface area (Å²) in [6.45, 7) is 10.8. The zero-order valence-electron chi connectivity index (χ0n) is 14.6. The van der Waals surface area contributed by atoms with Gasteiger partial charge in [-0.1, -0.05) is 13.8 Å². The van der Waals surface area contributed by atoms with Gasteiger partial charge in [0.05, 0.1) is 12.6 Å². The lowest BCUT2D eigenvalue weighted by atomic mass is 9.97. The molecule has 0 aromatic carbocycles. The lowest BCUT2D eigenvalue weighted by molar-refractivity contribution is -0.123. The highest BCUT2D eigenvalue weighted by Crippen LogP contribution is 2.18. The lowest BCUT2D eigenvalue weighted by Gasteiger charge is -2.32. The summed E-state index contributed by atoms with van der Waals surface area (Å²) >= 11 is 0. The Balaban J connectivity index is 2.14. The Labute approximate surface area is 130 Å². The van der Waals surface area contributed by atoms with Gasteiger partial charge >= 0.3 is 0 Å². The van der Waals surface area contributed by atoms with Crippen molar-refractivity contribution in [3.63, 3.8) is 0 Å². The lowest BCUT2D eigenvalue weighted by Crippen LogP contribution is -2.39. The molecule has 1 aliphatic heterocycles. The second-order valence-corrected chi connectivity index (χ2v) is 7.08. The molecule has 0 radical (unpaired) electrons. The standard InChI is InChI=1S/C17H34N2O2/c1-14(2)17(20)12-19-10-7-16(8-11-19)13-21-15(3)6-9-18(4)5/h14-16H,6-13H2,1-5H3. The van der Waals surface area contributed by atoms with Crippen molar-refractivity contribution in [1.29, 1.82) is 0 Å². The molecule has 0 bridgehead atoms. The number of piperidine rings is 1. The minimum atomic E-state index is 0.156. The van der Waals surface area contributed by atoms with E-state index in [1.165, 1.54) is 0 Å².